The van der Waals surface area contributed by atoms with Crippen LogP contribution in [-0.4, -0.2) is 26.5 Å². The van der Waals surface area contributed by atoms with Gasteiger partial charge in [0.05, 0.1) is 16.6 Å². The Morgan fingerprint density at radius 3 is 1.85 bits per heavy atom. The lowest BCUT2D eigenvalue weighted by Gasteiger charge is -2.24. The summed E-state index contributed by atoms with van der Waals surface area (Å²) in [5.74, 6) is 0.444. The number of pyridine rings is 1. The minimum absolute atomic E-state index is 0.226. The van der Waals surface area contributed by atoms with E-state index in [0.717, 1.165) is 51.5 Å². The molecule has 0 atom stereocenters. The number of H-pyrrole nitrogens is 1. The van der Waals surface area contributed by atoms with E-state index in [1.807, 2.05) is 95.5 Å². The summed E-state index contributed by atoms with van der Waals surface area (Å²) in [6.45, 7) is 13.0. The summed E-state index contributed by atoms with van der Waals surface area (Å²) in [6.07, 6.45) is -9.18. The van der Waals surface area contributed by atoms with Gasteiger partial charge in [-0.1, -0.05) is 66.7 Å². The van der Waals surface area contributed by atoms with Gasteiger partial charge in [-0.15, -0.1) is 0 Å². The third-order valence-corrected chi connectivity index (χ3v) is 8.70. The molecule has 1 N–H and O–H groups in total. The van der Waals surface area contributed by atoms with Crippen LogP contribution in [0, 0.1) is 27.7 Å². The van der Waals surface area contributed by atoms with Crippen molar-refractivity contribution < 1.29 is 26.3 Å². The molecule has 3 aromatic heterocycles. The maximum Gasteiger partial charge on any atom is 0.435 e. The van der Waals surface area contributed by atoms with Crippen molar-refractivity contribution >= 4 is 45.2 Å². The number of benzene rings is 3. The van der Waals surface area contributed by atoms with E-state index in [4.69, 9.17) is 4.98 Å². The van der Waals surface area contributed by atoms with Gasteiger partial charge in [0, 0.05) is 22.0 Å². The lowest BCUT2D eigenvalue weighted by molar-refractivity contribution is -0.141. The van der Waals surface area contributed by atoms with E-state index in [1.165, 1.54) is 6.07 Å². The van der Waals surface area contributed by atoms with E-state index in [-0.39, 0.29) is 5.59 Å². The van der Waals surface area contributed by atoms with Crippen LogP contribution < -0.4 is 16.6 Å². The lowest BCUT2D eigenvalue weighted by atomic mass is 9.38. The van der Waals surface area contributed by atoms with E-state index < -0.39 is 35.7 Å². The van der Waals surface area contributed by atoms with Gasteiger partial charge in [-0.05, 0) is 87.2 Å². The molecule has 6 rings (SSSR count). The second kappa shape index (κ2) is 11.0. The summed E-state index contributed by atoms with van der Waals surface area (Å²) in [6, 6.07) is 18.1. The first kappa shape index (κ1) is 32.4. The Hall–Kier alpha value is -4.54. The molecule has 0 saturated heterocycles. The number of halogens is 6. The first-order chi connectivity index (χ1) is 21.8. The third kappa shape index (κ3) is 5.92. The van der Waals surface area contributed by atoms with Crippen molar-refractivity contribution in [2.24, 2.45) is 0 Å². The molecular weight excluding hydrogens is 613 g/mol. The van der Waals surface area contributed by atoms with Gasteiger partial charge in [-0.3, -0.25) is 9.67 Å². The van der Waals surface area contributed by atoms with Gasteiger partial charge in [0.1, 0.15) is 5.82 Å². The van der Waals surface area contributed by atoms with Crippen LogP contribution in [0.4, 0.5) is 26.3 Å². The Balaban J connectivity index is 1.70. The quantitative estimate of drug-likeness (QED) is 0.156. The molecule has 0 aliphatic carbocycles. The average molecular weight is 646 g/mol. The molecule has 0 fully saturated rings. The maximum atomic E-state index is 13.8. The number of hydrogen-bond acceptors (Lipinski definition) is 2. The Morgan fingerprint density at radius 2 is 1.28 bits per heavy atom. The Morgan fingerprint density at radius 1 is 0.660 bits per heavy atom. The topological polar surface area (TPSA) is 46.5 Å². The van der Waals surface area contributed by atoms with Crippen LogP contribution in [0.1, 0.15) is 59.8 Å². The smallest absolute Gasteiger partial charge is 0.294 e. The Labute approximate surface area is 268 Å². The average Bonchev–Trinajstić information content (AvgIpc) is 3.57. The molecule has 0 unspecified atom stereocenters. The molecule has 47 heavy (non-hydrogen) atoms. The highest BCUT2D eigenvalue weighted by molar-refractivity contribution is 6.95. The fraction of sp³-hybridized carbons (Fsp3) is 0.278. The fourth-order valence-corrected chi connectivity index (χ4v) is 6.53. The van der Waals surface area contributed by atoms with Crippen molar-refractivity contribution in [1.29, 1.82) is 0 Å². The highest BCUT2D eigenvalue weighted by atomic mass is 19.4. The van der Waals surface area contributed by atoms with E-state index >= 15 is 0 Å². The van der Waals surface area contributed by atoms with Crippen LogP contribution in [0.15, 0.2) is 66.7 Å². The molecule has 242 valence electrons. The summed E-state index contributed by atoms with van der Waals surface area (Å²) in [5, 5.41) is 7.34. The van der Waals surface area contributed by atoms with Crippen LogP contribution in [0.3, 0.4) is 0 Å². The number of fused-ring (bicyclic) bond motifs is 3. The molecule has 0 aliphatic heterocycles. The second-order valence-electron chi connectivity index (χ2n) is 13.4. The zero-order valence-electron chi connectivity index (χ0n) is 27.0. The number of nitrogens with one attached hydrogen (secondary N) is 1. The van der Waals surface area contributed by atoms with Crippen molar-refractivity contribution in [3.05, 3.63) is 106 Å². The molecule has 0 bridgehead atoms. The second-order valence-corrected chi connectivity index (χ2v) is 13.4. The standard InChI is InChI=1S/C36H33BF6N4/c1-19-8-10-27-25(14-19)26-15-23(35(38,39)40)9-11-28(26)47(27)32-17-24(34(5,6)7)16-30(44-32)37(31-18-29(45-46-31)36(41,42)43)33-21(3)12-20(2)13-22(33)4/h8-18H,1-7H3,(H,45,46). The van der Waals surface area contributed by atoms with Crippen LogP contribution in [0.25, 0.3) is 27.6 Å². The first-order valence-corrected chi connectivity index (χ1v) is 15.2. The molecule has 11 heteroatoms. The number of hydrogen-bond donors (Lipinski definition) is 1. The summed E-state index contributed by atoms with van der Waals surface area (Å²) < 4.78 is 84.8. The van der Waals surface area contributed by atoms with Crippen LogP contribution in [0.2, 0.25) is 0 Å². The largest absolute Gasteiger partial charge is 0.435 e. The number of nitrogens with zero attached hydrogens (tertiary/aromatic N) is 3. The predicted molar refractivity (Wildman–Crippen MR) is 176 cm³/mol. The number of aromatic amines is 1. The van der Waals surface area contributed by atoms with Crippen molar-refractivity contribution in [2.45, 2.75) is 66.2 Å². The molecule has 6 aromatic rings. The number of rotatable bonds is 4. The molecule has 3 heterocycles. The summed E-state index contributed by atoms with van der Waals surface area (Å²) in [5.41, 5.74) is 5.00. The number of aryl methyl sites for hydroxylation is 4. The minimum Gasteiger partial charge on any atom is -0.294 e. The van der Waals surface area contributed by atoms with Gasteiger partial charge in [0.2, 0.25) is 0 Å². The number of aromatic nitrogens is 4. The van der Waals surface area contributed by atoms with Crippen LogP contribution in [-0.2, 0) is 17.8 Å². The van der Waals surface area contributed by atoms with Gasteiger partial charge in [-0.2, -0.15) is 31.4 Å². The van der Waals surface area contributed by atoms with Crippen molar-refractivity contribution in [1.82, 2.24) is 19.7 Å². The SMILES string of the molecule is Cc1cc(C)c(B(c2cc(C(C)(C)C)cc(-n3c4ccc(C)cc4c4cc(C(F)(F)F)ccc43)n2)c2cc(C(F)(F)F)n[nH]2)c(C)c1. The Bertz CT molecular complexity index is 2140. The van der Waals surface area contributed by atoms with Gasteiger partial charge in [0.15, 0.2) is 5.69 Å². The summed E-state index contributed by atoms with van der Waals surface area (Å²) >= 11 is 0. The molecular formula is C36H33BF6N4. The first-order valence-electron chi connectivity index (χ1n) is 15.2. The van der Waals surface area contributed by atoms with Crippen molar-refractivity contribution in [3.63, 3.8) is 0 Å². The summed E-state index contributed by atoms with van der Waals surface area (Å²) in [4.78, 5) is 5.12. The highest BCUT2D eigenvalue weighted by Gasteiger charge is 2.38. The molecule has 0 spiro atoms. The van der Waals surface area contributed by atoms with Crippen molar-refractivity contribution in [2.75, 3.05) is 0 Å². The molecule has 0 aliphatic rings. The minimum atomic E-state index is -4.65. The van der Waals surface area contributed by atoms with E-state index in [0.29, 0.717) is 33.2 Å². The molecule has 0 radical (unpaired) electrons. The van der Waals surface area contributed by atoms with Gasteiger partial charge < -0.3 is 0 Å². The maximum absolute atomic E-state index is 13.8. The molecule has 0 amide bonds. The van der Waals surface area contributed by atoms with Gasteiger partial charge in [-0.25, -0.2) is 4.98 Å². The molecule has 0 saturated carbocycles. The van der Waals surface area contributed by atoms with Crippen molar-refractivity contribution in [3.8, 4) is 5.82 Å². The summed E-state index contributed by atoms with van der Waals surface area (Å²) in [7, 11) is 0. The Kier molecular flexibility index (Phi) is 7.60. The van der Waals surface area contributed by atoms with E-state index in [2.05, 4.69) is 10.2 Å². The monoisotopic (exact) mass is 646 g/mol. The zero-order valence-corrected chi connectivity index (χ0v) is 27.0. The molecule has 3 aromatic carbocycles. The van der Waals surface area contributed by atoms with Gasteiger partial charge in [0.25, 0.3) is 6.71 Å². The highest BCUT2D eigenvalue weighted by Crippen LogP contribution is 2.37. The molecule has 4 nitrogen and oxygen atoms in total. The van der Waals surface area contributed by atoms with Gasteiger partial charge >= 0.3 is 12.4 Å². The number of alkyl halides is 6. The lowest BCUT2D eigenvalue weighted by Crippen LogP contribution is -2.56. The van der Waals surface area contributed by atoms with E-state index in [9.17, 15) is 26.3 Å². The third-order valence-electron chi connectivity index (χ3n) is 8.70. The van der Waals surface area contributed by atoms with Crippen LogP contribution >= 0.6 is 0 Å². The fourth-order valence-electron chi connectivity index (χ4n) is 6.53. The van der Waals surface area contributed by atoms with Crippen LogP contribution in [0.5, 0.6) is 0 Å². The predicted octanol–water partition coefficient (Wildman–Crippen LogP) is 7.99. The zero-order chi connectivity index (χ0) is 34.2. The van der Waals surface area contributed by atoms with E-state index in [1.54, 1.807) is 0 Å². The normalized spacial score (nSPS) is 12.8.